The highest BCUT2D eigenvalue weighted by atomic mass is 79.9. The van der Waals surface area contributed by atoms with Gasteiger partial charge in [-0.2, -0.15) is 0 Å². The van der Waals surface area contributed by atoms with E-state index in [2.05, 4.69) is 61.0 Å². The summed E-state index contributed by atoms with van der Waals surface area (Å²) >= 11 is 3.96. The van der Waals surface area contributed by atoms with Crippen molar-refractivity contribution in [3.63, 3.8) is 0 Å². The largest absolute Gasteiger partial charge is 0.0839 e. The fraction of sp³-hybridized carbons (Fsp3) is 0.700. The SMILES string of the molecule is CCC(C)(C)c1ccc(C(Br)CC2CC3CCC2C3)cc1. The molecule has 4 atom stereocenters. The normalized spacial score (nSPS) is 29.8. The Balaban J connectivity index is 1.64. The molecule has 0 nitrogen and oxygen atoms in total. The predicted octanol–water partition coefficient (Wildman–Crippen LogP) is 6.64. The number of rotatable bonds is 5. The second kappa shape index (κ2) is 6.07. The number of alkyl halides is 1. The second-order valence-electron chi connectivity index (χ2n) is 8.00. The van der Waals surface area contributed by atoms with Crippen LogP contribution in [-0.4, -0.2) is 0 Å². The van der Waals surface area contributed by atoms with E-state index in [-0.39, 0.29) is 0 Å². The Morgan fingerprint density at radius 3 is 2.38 bits per heavy atom. The lowest BCUT2D eigenvalue weighted by Gasteiger charge is -2.26. The molecule has 0 heterocycles. The fourth-order valence-corrected chi connectivity index (χ4v) is 5.20. The molecule has 0 aliphatic heterocycles. The molecule has 2 bridgehead atoms. The summed E-state index contributed by atoms with van der Waals surface area (Å²) in [5.74, 6) is 3.07. The van der Waals surface area contributed by atoms with E-state index in [1.807, 2.05) is 0 Å². The molecule has 4 unspecified atom stereocenters. The molecule has 1 aromatic rings. The Hall–Kier alpha value is -0.300. The molecule has 0 amide bonds. The van der Waals surface area contributed by atoms with Crippen molar-refractivity contribution >= 4 is 15.9 Å². The molecule has 3 rings (SSSR count). The topological polar surface area (TPSA) is 0 Å². The Kier molecular flexibility index (Phi) is 4.50. The van der Waals surface area contributed by atoms with Gasteiger partial charge >= 0.3 is 0 Å². The molecule has 21 heavy (non-hydrogen) atoms. The van der Waals surface area contributed by atoms with E-state index in [0.717, 1.165) is 17.8 Å². The summed E-state index contributed by atoms with van der Waals surface area (Å²) in [4.78, 5) is 0.542. The van der Waals surface area contributed by atoms with E-state index in [1.165, 1.54) is 49.7 Å². The third-order valence-corrected chi connectivity index (χ3v) is 7.23. The third kappa shape index (κ3) is 3.23. The van der Waals surface area contributed by atoms with Gasteiger partial charge in [0, 0.05) is 4.83 Å². The molecule has 0 aromatic heterocycles. The second-order valence-corrected chi connectivity index (χ2v) is 9.10. The third-order valence-electron chi connectivity index (χ3n) is 6.33. The van der Waals surface area contributed by atoms with Crippen LogP contribution in [0.3, 0.4) is 0 Å². The molecular weight excluding hydrogens is 320 g/mol. The van der Waals surface area contributed by atoms with Crippen molar-refractivity contribution < 1.29 is 0 Å². The van der Waals surface area contributed by atoms with Crippen molar-refractivity contribution in [2.24, 2.45) is 17.8 Å². The molecule has 116 valence electrons. The minimum absolute atomic E-state index is 0.297. The van der Waals surface area contributed by atoms with Crippen LogP contribution < -0.4 is 0 Å². The van der Waals surface area contributed by atoms with Crippen molar-refractivity contribution in [3.05, 3.63) is 35.4 Å². The highest BCUT2D eigenvalue weighted by Crippen LogP contribution is 2.52. The first kappa shape index (κ1) is 15.6. The van der Waals surface area contributed by atoms with Crippen molar-refractivity contribution in [2.45, 2.75) is 69.5 Å². The van der Waals surface area contributed by atoms with Gasteiger partial charge in [0.15, 0.2) is 0 Å². The van der Waals surface area contributed by atoms with Gasteiger partial charge in [-0.1, -0.05) is 67.4 Å². The minimum atomic E-state index is 0.297. The fourth-order valence-electron chi connectivity index (χ4n) is 4.41. The van der Waals surface area contributed by atoms with Crippen LogP contribution in [0, 0.1) is 17.8 Å². The van der Waals surface area contributed by atoms with E-state index in [4.69, 9.17) is 0 Å². The van der Waals surface area contributed by atoms with Gasteiger partial charge in [0.05, 0.1) is 0 Å². The summed E-state index contributed by atoms with van der Waals surface area (Å²) in [7, 11) is 0. The zero-order valence-corrected chi connectivity index (χ0v) is 15.3. The van der Waals surface area contributed by atoms with Crippen LogP contribution in [0.2, 0.25) is 0 Å². The molecule has 0 saturated heterocycles. The standard InChI is InChI=1S/C20H29Br/c1-4-20(2,3)18-9-7-15(8-10-18)19(21)13-17-12-14-5-6-16(17)11-14/h7-10,14,16-17,19H,4-6,11-13H2,1-3H3. The van der Waals surface area contributed by atoms with Gasteiger partial charge in [-0.25, -0.2) is 0 Å². The van der Waals surface area contributed by atoms with Crippen LogP contribution in [-0.2, 0) is 5.41 Å². The lowest BCUT2D eigenvalue weighted by molar-refractivity contribution is 0.314. The van der Waals surface area contributed by atoms with E-state index >= 15 is 0 Å². The summed E-state index contributed by atoms with van der Waals surface area (Å²) in [6, 6.07) is 9.38. The minimum Gasteiger partial charge on any atom is -0.0839 e. The Morgan fingerprint density at radius 1 is 1.14 bits per heavy atom. The van der Waals surface area contributed by atoms with Gasteiger partial charge in [0.1, 0.15) is 0 Å². The molecular formula is C20H29Br. The number of hydrogen-bond donors (Lipinski definition) is 0. The summed E-state index contributed by atoms with van der Waals surface area (Å²) in [6.07, 6.45) is 8.54. The van der Waals surface area contributed by atoms with Gasteiger partial charge in [0.25, 0.3) is 0 Å². The van der Waals surface area contributed by atoms with Crippen molar-refractivity contribution in [1.82, 2.24) is 0 Å². The van der Waals surface area contributed by atoms with Crippen LogP contribution in [0.15, 0.2) is 24.3 Å². The molecule has 2 fully saturated rings. The molecule has 2 aliphatic rings. The average molecular weight is 349 g/mol. The highest BCUT2D eigenvalue weighted by molar-refractivity contribution is 9.09. The van der Waals surface area contributed by atoms with Gasteiger partial charge < -0.3 is 0 Å². The molecule has 2 aliphatic carbocycles. The Bertz CT molecular complexity index is 473. The number of benzene rings is 1. The van der Waals surface area contributed by atoms with Crippen molar-refractivity contribution in [2.75, 3.05) is 0 Å². The molecule has 0 spiro atoms. The maximum absolute atomic E-state index is 3.96. The first-order chi connectivity index (χ1) is 9.99. The maximum atomic E-state index is 3.96. The highest BCUT2D eigenvalue weighted by Gasteiger charge is 2.39. The monoisotopic (exact) mass is 348 g/mol. The predicted molar refractivity (Wildman–Crippen MR) is 95.0 cm³/mol. The van der Waals surface area contributed by atoms with Gasteiger partial charge in [0.2, 0.25) is 0 Å². The smallest absolute Gasteiger partial charge is 0.0398 e. The van der Waals surface area contributed by atoms with Crippen molar-refractivity contribution in [1.29, 1.82) is 0 Å². The number of halogens is 1. The first-order valence-corrected chi connectivity index (χ1v) is 9.65. The summed E-state index contributed by atoms with van der Waals surface area (Å²) in [5, 5.41) is 0. The lowest BCUT2D eigenvalue weighted by Crippen LogP contribution is -2.15. The molecule has 2 saturated carbocycles. The number of fused-ring (bicyclic) bond motifs is 2. The molecule has 1 heteroatoms. The first-order valence-electron chi connectivity index (χ1n) is 8.74. The average Bonchev–Trinajstić information content (AvgIpc) is 3.10. The lowest BCUT2D eigenvalue weighted by atomic mass is 9.81. The van der Waals surface area contributed by atoms with Crippen molar-refractivity contribution in [3.8, 4) is 0 Å². The zero-order chi connectivity index (χ0) is 15.0. The Morgan fingerprint density at radius 2 is 1.86 bits per heavy atom. The summed E-state index contributed by atoms with van der Waals surface area (Å²) < 4.78 is 0. The zero-order valence-electron chi connectivity index (χ0n) is 13.7. The van der Waals surface area contributed by atoms with E-state index in [0.29, 0.717) is 10.2 Å². The van der Waals surface area contributed by atoms with E-state index in [1.54, 1.807) is 0 Å². The van der Waals surface area contributed by atoms with E-state index in [9.17, 15) is 0 Å². The van der Waals surface area contributed by atoms with Crippen LogP contribution in [0.25, 0.3) is 0 Å². The van der Waals surface area contributed by atoms with E-state index < -0.39 is 0 Å². The summed E-state index contributed by atoms with van der Waals surface area (Å²) in [5.41, 5.74) is 3.23. The Labute approximate surface area is 138 Å². The number of hydrogen-bond acceptors (Lipinski definition) is 0. The van der Waals surface area contributed by atoms with Crippen LogP contribution >= 0.6 is 15.9 Å². The van der Waals surface area contributed by atoms with Gasteiger partial charge in [-0.05, 0) is 66.4 Å². The maximum Gasteiger partial charge on any atom is 0.0398 e. The summed E-state index contributed by atoms with van der Waals surface area (Å²) in [6.45, 7) is 6.95. The van der Waals surface area contributed by atoms with Crippen LogP contribution in [0.4, 0.5) is 0 Å². The van der Waals surface area contributed by atoms with Crippen LogP contribution in [0.1, 0.15) is 75.3 Å². The quantitative estimate of drug-likeness (QED) is 0.523. The molecule has 1 aromatic carbocycles. The molecule has 0 radical (unpaired) electrons. The van der Waals surface area contributed by atoms with Gasteiger partial charge in [-0.15, -0.1) is 0 Å². The van der Waals surface area contributed by atoms with Gasteiger partial charge in [-0.3, -0.25) is 0 Å². The molecule has 0 N–H and O–H groups in total. The van der Waals surface area contributed by atoms with Crippen LogP contribution in [0.5, 0.6) is 0 Å².